The first-order chi connectivity index (χ1) is 10.3. The Balaban J connectivity index is 1.54. The first-order valence-electron chi connectivity index (χ1n) is 7.99. The standard InChI is InChI=1S/C17H24N2O2/c1-2-21-14-8-12(9-14)10-17(20)19-16-5-3-4-13-11-18-7-6-15(13)16/h3-5,12,14,18H,2,6-11H2,1H3,(H,19,20). The summed E-state index contributed by atoms with van der Waals surface area (Å²) >= 11 is 0. The van der Waals surface area contributed by atoms with Gasteiger partial charge in [0.2, 0.25) is 5.91 Å². The Kier molecular flexibility index (Phi) is 4.56. The maximum absolute atomic E-state index is 12.2. The number of anilines is 1. The summed E-state index contributed by atoms with van der Waals surface area (Å²) in [6.07, 6.45) is 4.03. The summed E-state index contributed by atoms with van der Waals surface area (Å²) in [5.74, 6) is 0.629. The van der Waals surface area contributed by atoms with Crippen molar-refractivity contribution in [3.63, 3.8) is 0 Å². The molecule has 1 aliphatic heterocycles. The van der Waals surface area contributed by atoms with Gasteiger partial charge in [-0.1, -0.05) is 12.1 Å². The largest absolute Gasteiger partial charge is 0.378 e. The van der Waals surface area contributed by atoms with Gasteiger partial charge in [-0.2, -0.15) is 0 Å². The van der Waals surface area contributed by atoms with Crippen molar-refractivity contribution < 1.29 is 9.53 Å². The number of carbonyl (C=O) groups is 1. The van der Waals surface area contributed by atoms with Crippen molar-refractivity contribution in [3.8, 4) is 0 Å². The lowest BCUT2D eigenvalue weighted by Gasteiger charge is -2.34. The molecule has 3 rings (SSSR count). The highest BCUT2D eigenvalue weighted by atomic mass is 16.5. The number of rotatable bonds is 5. The lowest BCUT2D eigenvalue weighted by atomic mass is 9.80. The molecule has 0 unspecified atom stereocenters. The molecule has 0 spiro atoms. The van der Waals surface area contributed by atoms with E-state index in [2.05, 4.69) is 16.7 Å². The van der Waals surface area contributed by atoms with E-state index < -0.39 is 0 Å². The second-order valence-corrected chi connectivity index (χ2v) is 6.04. The van der Waals surface area contributed by atoms with Crippen molar-refractivity contribution in [2.24, 2.45) is 5.92 Å². The van der Waals surface area contributed by atoms with Crippen LogP contribution < -0.4 is 10.6 Å². The third kappa shape index (κ3) is 3.44. The molecule has 21 heavy (non-hydrogen) atoms. The summed E-state index contributed by atoms with van der Waals surface area (Å²) in [5, 5.41) is 6.47. The average molecular weight is 288 g/mol. The van der Waals surface area contributed by atoms with Crippen LogP contribution in [0.3, 0.4) is 0 Å². The minimum Gasteiger partial charge on any atom is -0.378 e. The van der Waals surface area contributed by atoms with Crippen LogP contribution in [0.5, 0.6) is 0 Å². The Morgan fingerprint density at radius 1 is 1.43 bits per heavy atom. The molecule has 114 valence electrons. The van der Waals surface area contributed by atoms with Crippen molar-refractivity contribution in [1.82, 2.24) is 5.32 Å². The molecule has 2 N–H and O–H groups in total. The number of carbonyl (C=O) groups excluding carboxylic acids is 1. The average Bonchev–Trinajstić information content (AvgIpc) is 2.45. The molecule has 0 radical (unpaired) electrons. The van der Waals surface area contributed by atoms with Crippen LogP contribution in [0.25, 0.3) is 0 Å². The van der Waals surface area contributed by atoms with Gasteiger partial charge in [0, 0.05) is 25.3 Å². The second kappa shape index (κ2) is 6.58. The van der Waals surface area contributed by atoms with Crippen LogP contribution >= 0.6 is 0 Å². The normalized spacial score (nSPS) is 24.0. The Morgan fingerprint density at radius 2 is 2.29 bits per heavy atom. The van der Waals surface area contributed by atoms with Gasteiger partial charge >= 0.3 is 0 Å². The number of hydrogen-bond acceptors (Lipinski definition) is 3. The molecule has 0 bridgehead atoms. The minimum atomic E-state index is 0.141. The third-order valence-electron chi connectivity index (χ3n) is 4.48. The molecule has 1 heterocycles. The molecule has 1 amide bonds. The van der Waals surface area contributed by atoms with Gasteiger partial charge in [-0.05, 0) is 55.8 Å². The van der Waals surface area contributed by atoms with Crippen LogP contribution in [0.15, 0.2) is 18.2 Å². The van der Waals surface area contributed by atoms with Gasteiger partial charge in [0.05, 0.1) is 6.10 Å². The first kappa shape index (κ1) is 14.5. The van der Waals surface area contributed by atoms with Gasteiger partial charge in [0.25, 0.3) is 0 Å². The van der Waals surface area contributed by atoms with Gasteiger partial charge in [-0.25, -0.2) is 0 Å². The number of benzene rings is 1. The van der Waals surface area contributed by atoms with Crippen LogP contribution in [-0.4, -0.2) is 25.2 Å². The topological polar surface area (TPSA) is 50.4 Å². The summed E-state index contributed by atoms with van der Waals surface area (Å²) in [7, 11) is 0. The van der Waals surface area contributed by atoms with Gasteiger partial charge in [0.15, 0.2) is 0 Å². The quantitative estimate of drug-likeness (QED) is 0.875. The maximum atomic E-state index is 12.2. The lowest BCUT2D eigenvalue weighted by molar-refractivity contribution is -0.119. The Bertz CT molecular complexity index is 510. The van der Waals surface area contributed by atoms with E-state index in [1.165, 1.54) is 11.1 Å². The summed E-state index contributed by atoms with van der Waals surface area (Å²) in [6, 6.07) is 6.18. The zero-order valence-corrected chi connectivity index (χ0v) is 12.7. The monoisotopic (exact) mass is 288 g/mol. The lowest BCUT2D eigenvalue weighted by Crippen LogP contribution is -2.34. The molecule has 4 heteroatoms. The fraction of sp³-hybridized carbons (Fsp3) is 0.588. The fourth-order valence-electron chi connectivity index (χ4n) is 3.33. The van der Waals surface area contributed by atoms with Crippen LogP contribution in [0.4, 0.5) is 5.69 Å². The Morgan fingerprint density at radius 3 is 3.10 bits per heavy atom. The minimum absolute atomic E-state index is 0.141. The molecule has 1 saturated carbocycles. The van der Waals surface area contributed by atoms with Gasteiger partial charge in [-0.3, -0.25) is 4.79 Å². The molecule has 4 nitrogen and oxygen atoms in total. The number of fused-ring (bicyclic) bond motifs is 1. The molecule has 1 aliphatic carbocycles. The molecule has 2 aliphatic rings. The van der Waals surface area contributed by atoms with E-state index in [0.29, 0.717) is 18.4 Å². The van der Waals surface area contributed by atoms with Crippen molar-refractivity contribution in [1.29, 1.82) is 0 Å². The number of ether oxygens (including phenoxy) is 1. The smallest absolute Gasteiger partial charge is 0.224 e. The zero-order chi connectivity index (χ0) is 14.7. The molecule has 1 fully saturated rings. The molecular weight excluding hydrogens is 264 g/mol. The number of hydrogen-bond donors (Lipinski definition) is 2. The van der Waals surface area contributed by atoms with Crippen LogP contribution in [0.1, 0.15) is 37.3 Å². The van der Waals surface area contributed by atoms with E-state index in [9.17, 15) is 4.79 Å². The van der Waals surface area contributed by atoms with Crippen molar-refractivity contribution in [3.05, 3.63) is 29.3 Å². The predicted molar refractivity (Wildman–Crippen MR) is 83.2 cm³/mol. The van der Waals surface area contributed by atoms with Crippen molar-refractivity contribution in [2.75, 3.05) is 18.5 Å². The van der Waals surface area contributed by atoms with Crippen molar-refractivity contribution >= 4 is 11.6 Å². The van der Waals surface area contributed by atoms with E-state index in [-0.39, 0.29) is 5.91 Å². The molecule has 1 aromatic rings. The van der Waals surface area contributed by atoms with E-state index in [4.69, 9.17) is 4.74 Å². The summed E-state index contributed by atoms with van der Waals surface area (Å²) in [4.78, 5) is 12.2. The highest BCUT2D eigenvalue weighted by molar-refractivity contribution is 5.92. The van der Waals surface area contributed by atoms with Crippen LogP contribution in [-0.2, 0) is 22.5 Å². The molecule has 0 saturated heterocycles. The summed E-state index contributed by atoms with van der Waals surface area (Å²) in [5.41, 5.74) is 3.60. The number of amides is 1. The Labute approximate surface area is 126 Å². The third-order valence-corrected chi connectivity index (χ3v) is 4.48. The van der Waals surface area contributed by atoms with Crippen molar-refractivity contribution in [2.45, 2.75) is 45.3 Å². The highest BCUT2D eigenvalue weighted by Crippen LogP contribution is 2.33. The predicted octanol–water partition coefficient (Wildman–Crippen LogP) is 2.48. The zero-order valence-electron chi connectivity index (χ0n) is 12.7. The molecule has 1 aromatic carbocycles. The summed E-state index contributed by atoms with van der Waals surface area (Å²) in [6.45, 7) is 4.68. The van der Waals surface area contributed by atoms with Gasteiger partial charge in [-0.15, -0.1) is 0 Å². The fourth-order valence-corrected chi connectivity index (χ4v) is 3.33. The van der Waals surface area contributed by atoms with Gasteiger partial charge < -0.3 is 15.4 Å². The second-order valence-electron chi connectivity index (χ2n) is 6.04. The highest BCUT2D eigenvalue weighted by Gasteiger charge is 2.31. The van der Waals surface area contributed by atoms with Crippen LogP contribution in [0, 0.1) is 5.92 Å². The summed E-state index contributed by atoms with van der Waals surface area (Å²) < 4.78 is 5.54. The van der Waals surface area contributed by atoms with E-state index in [1.54, 1.807) is 0 Å². The maximum Gasteiger partial charge on any atom is 0.224 e. The Hall–Kier alpha value is -1.39. The molecule has 0 aromatic heterocycles. The SMILES string of the molecule is CCOC1CC(CC(=O)Nc2cccc3c2CCNC3)C1. The van der Waals surface area contributed by atoms with Crippen LogP contribution in [0.2, 0.25) is 0 Å². The first-order valence-corrected chi connectivity index (χ1v) is 7.99. The van der Waals surface area contributed by atoms with E-state index in [1.807, 2.05) is 19.1 Å². The molecule has 0 atom stereocenters. The molecular formula is C17H24N2O2. The van der Waals surface area contributed by atoms with E-state index in [0.717, 1.165) is 44.6 Å². The number of nitrogens with one attached hydrogen (secondary N) is 2. The van der Waals surface area contributed by atoms with E-state index >= 15 is 0 Å². The van der Waals surface area contributed by atoms with Gasteiger partial charge in [0.1, 0.15) is 0 Å².